The van der Waals surface area contributed by atoms with Crippen LogP contribution in [0.5, 0.6) is 0 Å². The molecule has 0 aliphatic rings. The van der Waals surface area contributed by atoms with Gasteiger partial charge in [-0.05, 0) is 27.2 Å². The van der Waals surface area contributed by atoms with Crippen LogP contribution in [0.15, 0.2) is 0 Å². The summed E-state index contributed by atoms with van der Waals surface area (Å²) < 4.78 is 0. The third-order valence-electron chi connectivity index (χ3n) is 2.59. The van der Waals surface area contributed by atoms with Crippen LogP contribution in [0.25, 0.3) is 0 Å². The van der Waals surface area contributed by atoms with E-state index in [1.807, 2.05) is 27.7 Å². The summed E-state index contributed by atoms with van der Waals surface area (Å²) in [5.41, 5.74) is -0.256. The highest BCUT2D eigenvalue weighted by atomic mass is 16.4. The van der Waals surface area contributed by atoms with Crippen molar-refractivity contribution in [2.75, 3.05) is 13.1 Å². The minimum Gasteiger partial charge on any atom is -0.481 e. The van der Waals surface area contributed by atoms with Gasteiger partial charge in [0, 0.05) is 18.6 Å². The molecule has 5 nitrogen and oxygen atoms in total. The van der Waals surface area contributed by atoms with Crippen molar-refractivity contribution >= 4 is 12.0 Å². The number of carboxylic acids is 1. The van der Waals surface area contributed by atoms with Crippen LogP contribution >= 0.6 is 0 Å². The molecular formula is C11H22N2O3. The van der Waals surface area contributed by atoms with E-state index in [-0.39, 0.29) is 24.5 Å². The molecule has 0 spiro atoms. The van der Waals surface area contributed by atoms with Gasteiger partial charge < -0.3 is 15.3 Å². The highest BCUT2D eigenvalue weighted by Gasteiger charge is 2.21. The van der Waals surface area contributed by atoms with Gasteiger partial charge in [-0.1, -0.05) is 6.92 Å². The fourth-order valence-electron chi connectivity index (χ4n) is 1.09. The zero-order valence-electron chi connectivity index (χ0n) is 10.5. The molecule has 94 valence electrons. The van der Waals surface area contributed by atoms with Gasteiger partial charge in [-0.3, -0.25) is 4.79 Å². The van der Waals surface area contributed by atoms with Gasteiger partial charge >= 0.3 is 12.0 Å². The summed E-state index contributed by atoms with van der Waals surface area (Å²) in [6.45, 7) is 8.47. The number of amides is 2. The Morgan fingerprint density at radius 1 is 1.31 bits per heavy atom. The summed E-state index contributed by atoms with van der Waals surface area (Å²) in [5.74, 6) is -0.888. The van der Waals surface area contributed by atoms with E-state index in [0.29, 0.717) is 6.54 Å². The van der Waals surface area contributed by atoms with Gasteiger partial charge in [-0.15, -0.1) is 0 Å². The van der Waals surface area contributed by atoms with Crippen LogP contribution < -0.4 is 5.32 Å². The van der Waals surface area contributed by atoms with E-state index in [1.165, 1.54) is 4.90 Å². The Bertz CT molecular complexity index is 252. The van der Waals surface area contributed by atoms with E-state index in [1.54, 1.807) is 0 Å². The molecule has 0 aromatic heterocycles. The molecule has 0 unspecified atom stereocenters. The van der Waals surface area contributed by atoms with Crippen LogP contribution in [0.3, 0.4) is 0 Å². The third kappa shape index (κ3) is 5.58. The Labute approximate surface area is 96.8 Å². The Morgan fingerprint density at radius 2 is 1.88 bits per heavy atom. The zero-order chi connectivity index (χ0) is 12.8. The molecule has 0 saturated heterocycles. The number of urea groups is 1. The Kier molecular flexibility index (Phi) is 5.85. The number of hydrogen-bond acceptors (Lipinski definition) is 2. The molecule has 0 heterocycles. The van der Waals surface area contributed by atoms with Crippen molar-refractivity contribution in [2.24, 2.45) is 0 Å². The second-order valence-electron chi connectivity index (χ2n) is 4.39. The predicted octanol–water partition coefficient (Wildman–Crippen LogP) is 1.68. The van der Waals surface area contributed by atoms with Crippen molar-refractivity contribution in [3.8, 4) is 0 Å². The molecule has 0 aromatic rings. The van der Waals surface area contributed by atoms with Crippen molar-refractivity contribution in [2.45, 2.75) is 46.1 Å². The summed E-state index contributed by atoms with van der Waals surface area (Å²) >= 11 is 0. The molecule has 0 fully saturated rings. The largest absolute Gasteiger partial charge is 0.481 e. The van der Waals surface area contributed by atoms with Gasteiger partial charge in [-0.2, -0.15) is 0 Å². The summed E-state index contributed by atoms with van der Waals surface area (Å²) in [5, 5.41) is 11.4. The first kappa shape index (κ1) is 14.7. The SMILES string of the molecule is CCN(CCC(=O)O)C(=O)NC(C)(C)CC. The maximum atomic E-state index is 11.8. The van der Waals surface area contributed by atoms with Gasteiger partial charge in [0.05, 0.1) is 6.42 Å². The maximum Gasteiger partial charge on any atom is 0.317 e. The number of carboxylic acid groups (broad SMARTS) is 1. The minimum absolute atomic E-state index is 0.0200. The molecule has 2 N–H and O–H groups in total. The molecule has 16 heavy (non-hydrogen) atoms. The predicted molar refractivity (Wildman–Crippen MR) is 62.4 cm³/mol. The first-order valence-corrected chi connectivity index (χ1v) is 5.61. The normalized spacial score (nSPS) is 11.0. The van der Waals surface area contributed by atoms with Gasteiger partial charge in [0.25, 0.3) is 0 Å². The molecular weight excluding hydrogens is 208 g/mol. The van der Waals surface area contributed by atoms with Crippen LogP contribution in [-0.2, 0) is 4.79 Å². The lowest BCUT2D eigenvalue weighted by molar-refractivity contribution is -0.137. The number of hydrogen-bond donors (Lipinski definition) is 2. The van der Waals surface area contributed by atoms with Crippen molar-refractivity contribution in [3.63, 3.8) is 0 Å². The van der Waals surface area contributed by atoms with Crippen LogP contribution in [0.4, 0.5) is 4.79 Å². The highest BCUT2D eigenvalue weighted by Crippen LogP contribution is 2.08. The second-order valence-corrected chi connectivity index (χ2v) is 4.39. The number of aliphatic carboxylic acids is 1. The summed E-state index contributed by atoms with van der Waals surface area (Å²) in [6.07, 6.45) is 0.809. The van der Waals surface area contributed by atoms with E-state index in [9.17, 15) is 9.59 Å². The molecule has 0 rings (SSSR count). The average molecular weight is 230 g/mol. The van der Waals surface area contributed by atoms with E-state index in [4.69, 9.17) is 5.11 Å². The molecule has 0 aliphatic heterocycles. The Hall–Kier alpha value is -1.26. The molecule has 0 radical (unpaired) electrons. The smallest absolute Gasteiger partial charge is 0.317 e. The van der Waals surface area contributed by atoms with E-state index in [0.717, 1.165) is 6.42 Å². The number of nitrogens with zero attached hydrogens (tertiary/aromatic N) is 1. The lowest BCUT2D eigenvalue weighted by Crippen LogP contribution is -2.50. The average Bonchev–Trinajstić information content (AvgIpc) is 2.17. The first-order valence-electron chi connectivity index (χ1n) is 5.61. The summed E-state index contributed by atoms with van der Waals surface area (Å²) in [7, 11) is 0. The minimum atomic E-state index is -0.888. The lowest BCUT2D eigenvalue weighted by Gasteiger charge is -2.29. The molecule has 2 amide bonds. The highest BCUT2D eigenvalue weighted by molar-refractivity contribution is 5.76. The van der Waals surface area contributed by atoms with E-state index in [2.05, 4.69) is 5.32 Å². The third-order valence-corrected chi connectivity index (χ3v) is 2.59. The van der Waals surface area contributed by atoms with Gasteiger partial charge in [0.2, 0.25) is 0 Å². The quantitative estimate of drug-likeness (QED) is 0.729. The number of carbonyl (C=O) groups excluding carboxylic acids is 1. The standard InChI is InChI=1S/C11H22N2O3/c1-5-11(3,4)12-10(16)13(6-2)8-7-9(14)15/h5-8H2,1-4H3,(H,12,16)(H,14,15). The Morgan fingerprint density at radius 3 is 2.25 bits per heavy atom. The number of nitrogens with one attached hydrogen (secondary N) is 1. The van der Waals surface area contributed by atoms with E-state index < -0.39 is 5.97 Å². The molecule has 0 bridgehead atoms. The number of rotatable bonds is 6. The van der Waals surface area contributed by atoms with Crippen LogP contribution in [0.2, 0.25) is 0 Å². The van der Waals surface area contributed by atoms with Crippen LogP contribution in [0, 0.1) is 0 Å². The van der Waals surface area contributed by atoms with Crippen molar-refractivity contribution in [1.29, 1.82) is 0 Å². The van der Waals surface area contributed by atoms with Crippen molar-refractivity contribution < 1.29 is 14.7 Å². The van der Waals surface area contributed by atoms with Crippen LogP contribution in [-0.4, -0.2) is 40.6 Å². The second kappa shape index (κ2) is 6.35. The van der Waals surface area contributed by atoms with Gasteiger partial charge in [0.15, 0.2) is 0 Å². The molecule has 0 saturated carbocycles. The molecule has 5 heteroatoms. The van der Waals surface area contributed by atoms with Gasteiger partial charge in [-0.25, -0.2) is 4.79 Å². The topological polar surface area (TPSA) is 69.6 Å². The zero-order valence-corrected chi connectivity index (χ0v) is 10.5. The summed E-state index contributed by atoms with van der Waals surface area (Å²) in [6, 6.07) is -0.199. The van der Waals surface area contributed by atoms with Crippen molar-refractivity contribution in [3.05, 3.63) is 0 Å². The fraction of sp³-hybridized carbons (Fsp3) is 0.818. The molecule has 0 aromatic carbocycles. The first-order chi connectivity index (χ1) is 7.32. The lowest BCUT2D eigenvalue weighted by atomic mass is 10.0. The number of carbonyl (C=O) groups is 2. The monoisotopic (exact) mass is 230 g/mol. The van der Waals surface area contributed by atoms with Gasteiger partial charge in [0.1, 0.15) is 0 Å². The van der Waals surface area contributed by atoms with Crippen molar-refractivity contribution in [1.82, 2.24) is 10.2 Å². The van der Waals surface area contributed by atoms with E-state index >= 15 is 0 Å². The summed E-state index contributed by atoms with van der Waals surface area (Å²) in [4.78, 5) is 23.7. The fourth-order valence-corrected chi connectivity index (χ4v) is 1.09. The van der Waals surface area contributed by atoms with Crippen LogP contribution in [0.1, 0.15) is 40.5 Å². The molecule has 0 atom stereocenters. The molecule has 0 aliphatic carbocycles. The maximum absolute atomic E-state index is 11.8. The Balaban J connectivity index is 4.26.